The van der Waals surface area contributed by atoms with E-state index in [1.165, 1.54) is 24.8 Å². The van der Waals surface area contributed by atoms with Crippen molar-refractivity contribution in [3.8, 4) is 11.1 Å². The van der Waals surface area contributed by atoms with Gasteiger partial charge in [0, 0.05) is 0 Å². The van der Waals surface area contributed by atoms with Crippen molar-refractivity contribution in [2.75, 3.05) is 5.32 Å². The van der Waals surface area contributed by atoms with Crippen LogP contribution in [0, 0.1) is 5.82 Å². The summed E-state index contributed by atoms with van der Waals surface area (Å²) >= 11 is 0. The maximum Gasteiger partial charge on any atom is 0.200 e. The van der Waals surface area contributed by atoms with E-state index in [-0.39, 0.29) is 5.43 Å². The number of hydrogen-bond donors (Lipinski definition) is 2. The van der Waals surface area contributed by atoms with Crippen molar-refractivity contribution in [3.05, 3.63) is 83.0 Å². The molecule has 0 aliphatic heterocycles. The monoisotopic (exact) mass is 401 g/mol. The predicted molar refractivity (Wildman–Crippen MR) is 112 cm³/mol. The lowest BCUT2D eigenvalue weighted by Crippen LogP contribution is -2.16. The van der Waals surface area contributed by atoms with Crippen LogP contribution in [-0.2, 0) is 0 Å². The number of nitrogens with one attached hydrogen (secondary N) is 2. The Labute approximate surface area is 169 Å². The molecule has 0 fully saturated rings. The highest BCUT2D eigenvalue weighted by molar-refractivity contribution is 5.84. The van der Waals surface area contributed by atoms with E-state index in [0.29, 0.717) is 44.8 Å². The molecule has 0 amide bonds. The number of hydrogen-bond acceptors (Lipinski definition) is 6. The van der Waals surface area contributed by atoms with Crippen molar-refractivity contribution in [2.45, 2.75) is 13.0 Å². The summed E-state index contributed by atoms with van der Waals surface area (Å²) in [6, 6.07) is 12.5. The van der Waals surface area contributed by atoms with E-state index in [1.807, 2.05) is 6.92 Å². The van der Waals surface area contributed by atoms with Gasteiger partial charge in [0.25, 0.3) is 0 Å². The number of fused-ring (bicyclic) bond motifs is 2. The molecule has 0 bridgehead atoms. The molecule has 0 unspecified atom stereocenters. The van der Waals surface area contributed by atoms with Crippen molar-refractivity contribution in [2.24, 2.45) is 0 Å². The number of benzene rings is 2. The van der Waals surface area contributed by atoms with E-state index in [1.54, 1.807) is 36.4 Å². The summed E-state index contributed by atoms with van der Waals surface area (Å²) in [5, 5.41) is 3.68. The van der Waals surface area contributed by atoms with Crippen LogP contribution in [0.2, 0.25) is 0 Å². The highest BCUT2D eigenvalue weighted by Gasteiger charge is 2.22. The molecule has 5 rings (SSSR count). The molecule has 3 aromatic heterocycles. The Hall–Kier alpha value is -4.07. The zero-order valence-electron chi connectivity index (χ0n) is 15.9. The fourth-order valence-corrected chi connectivity index (χ4v) is 3.52. The molecule has 1 atom stereocenters. The highest BCUT2D eigenvalue weighted by atomic mass is 19.1. The zero-order valence-corrected chi connectivity index (χ0v) is 15.9. The smallest absolute Gasteiger partial charge is 0.200 e. The fraction of sp³-hybridized carbons (Fsp3) is 0.0909. The van der Waals surface area contributed by atoms with E-state index >= 15 is 0 Å². The van der Waals surface area contributed by atoms with Gasteiger partial charge in [0.15, 0.2) is 11.5 Å². The van der Waals surface area contributed by atoms with Crippen LogP contribution in [0.25, 0.3) is 33.3 Å². The summed E-state index contributed by atoms with van der Waals surface area (Å²) in [7, 11) is 0. The van der Waals surface area contributed by atoms with Gasteiger partial charge in [-0.2, -0.15) is 0 Å². The molecule has 0 radical (unpaired) electrons. The Morgan fingerprint density at radius 2 is 1.97 bits per heavy atom. The van der Waals surface area contributed by atoms with Crippen LogP contribution in [0.5, 0.6) is 0 Å². The first-order chi connectivity index (χ1) is 14.6. The molecule has 3 heterocycles. The summed E-state index contributed by atoms with van der Waals surface area (Å²) in [5.74, 6) is 0.446. The number of nitrogens with zero attached hydrogens (tertiary/aromatic N) is 3. The Morgan fingerprint density at radius 1 is 1.10 bits per heavy atom. The Balaban J connectivity index is 1.70. The van der Waals surface area contributed by atoms with Gasteiger partial charge in [-0.1, -0.05) is 24.3 Å². The number of rotatable bonds is 4. The van der Waals surface area contributed by atoms with Gasteiger partial charge < -0.3 is 14.7 Å². The van der Waals surface area contributed by atoms with E-state index in [2.05, 4.69) is 25.3 Å². The first-order valence-electron chi connectivity index (χ1n) is 9.34. The third kappa shape index (κ3) is 2.98. The molecule has 30 heavy (non-hydrogen) atoms. The van der Waals surface area contributed by atoms with Crippen LogP contribution in [0.4, 0.5) is 10.2 Å². The highest BCUT2D eigenvalue weighted by Crippen LogP contribution is 2.31. The molecule has 0 spiro atoms. The van der Waals surface area contributed by atoms with E-state index in [0.717, 1.165) is 0 Å². The third-order valence-corrected chi connectivity index (χ3v) is 4.90. The number of aromatic nitrogens is 4. The standard InChI is InChI=1S/C22H16FN5O2/c1-12(28-22-18-21(25-10-24-18)26-11-27-22)20-17(13-5-4-6-14(23)9-13)19(29)15-7-2-3-8-16(15)30-20/h2-12H,1H3,(H2,24,25,26,27,28)/t12-/m0/s1. The average Bonchev–Trinajstić information content (AvgIpc) is 3.23. The van der Waals surface area contributed by atoms with Crippen LogP contribution >= 0.6 is 0 Å². The van der Waals surface area contributed by atoms with Crippen LogP contribution in [0.3, 0.4) is 0 Å². The van der Waals surface area contributed by atoms with E-state index in [4.69, 9.17) is 4.42 Å². The molecule has 5 aromatic rings. The van der Waals surface area contributed by atoms with Crippen LogP contribution in [0.15, 0.2) is 70.4 Å². The minimum absolute atomic E-state index is 0.223. The van der Waals surface area contributed by atoms with Gasteiger partial charge in [0.05, 0.1) is 23.3 Å². The van der Waals surface area contributed by atoms with Gasteiger partial charge in [-0.3, -0.25) is 4.79 Å². The summed E-state index contributed by atoms with van der Waals surface area (Å²) in [6.07, 6.45) is 2.95. The normalized spacial score (nSPS) is 12.3. The van der Waals surface area contributed by atoms with Crippen LogP contribution in [0.1, 0.15) is 18.7 Å². The lowest BCUT2D eigenvalue weighted by atomic mass is 9.99. The summed E-state index contributed by atoms with van der Waals surface area (Å²) in [5.41, 5.74) is 2.15. The first-order valence-corrected chi connectivity index (χ1v) is 9.34. The average molecular weight is 401 g/mol. The molecular weight excluding hydrogens is 385 g/mol. The molecule has 2 N–H and O–H groups in total. The quantitative estimate of drug-likeness (QED) is 0.462. The topological polar surface area (TPSA) is 96.7 Å². The number of para-hydroxylation sites is 1. The van der Waals surface area contributed by atoms with Gasteiger partial charge in [-0.25, -0.2) is 19.3 Å². The van der Waals surface area contributed by atoms with Gasteiger partial charge >= 0.3 is 0 Å². The SMILES string of the molecule is C[C@H](Nc1ncnc2[nH]cnc12)c1oc2ccccc2c(=O)c1-c1cccc(F)c1. The van der Waals surface area contributed by atoms with E-state index < -0.39 is 11.9 Å². The van der Waals surface area contributed by atoms with Gasteiger partial charge in [-0.15, -0.1) is 0 Å². The lowest BCUT2D eigenvalue weighted by molar-refractivity contribution is 0.515. The Morgan fingerprint density at radius 3 is 2.83 bits per heavy atom. The first kappa shape index (κ1) is 18.0. The van der Waals surface area contributed by atoms with Crippen molar-refractivity contribution in [1.29, 1.82) is 0 Å². The minimum Gasteiger partial charge on any atom is -0.458 e. The summed E-state index contributed by atoms with van der Waals surface area (Å²) in [6.45, 7) is 1.84. The van der Waals surface area contributed by atoms with Gasteiger partial charge in [0.2, 0.25) is 5.43 Å². The second-order valence-electron chi connectivity index (χ2n) is 6.86. The number of anilines is 1. The Kier molecular flexibility index (Phi) is 4.24. The zero-order chi connectivity index (χ0) is 20.7. The Bertz CT molecular complexity index is 1440. The van der Waals surface area contributed by atoms with E-state index in [9.17, 15) is 9.18 Å². The number of H-pyrrole nitrogens is 1. The predicted octanol–water partition coefficient (Wildman–Crippen LogP) is 4.44. The van der Waals surface area contributed by atoms with Gasteiger partial charge in [-0.05, 0) is 36.8 Å². The summed E-state index contributed by atoms with van der Waals surface area (Å²) in [4.78, 5) is 28.9. The maximum atomic E-state index is 13.9. The molecule has 7 nitrogen and oxygen atoms in total. The van der Waals surface area contributed by atoms with Crippen LogP contribution in [-0.4, -0.2) is 19.9 Å². The lowest BCUT2D eigenvalue weighted by Gasteiger charge is -2.18. The molecule has 2 aromatic carbocycles. The number of aromatic amines is 1. The van der Waals surface area contributed by atoms with Crippen molar-refractivity contribution in [3.63, 3.8) is 0 Å². The molecule has 0 saturated carbocycles. The van der Waals surface area contributed by atoms with Crippen molar-refractivity contribution >= 4 is 28.0 Å². The fourth-order valence-electron chi connectivity index (χ4n) is 3.52. The molecule has 0 saturated heterocycles. The summed E-state index contributed by atoms with van der Waals surface area (Å²) < 4.78 is 20.1. The molecule has 8 heteroatoms. The molecule has 0 aliphatic rings. The van der Waals surface area contributed by atoms with Crippen molar-refractivity contribution < 1.29 is 8.81 Å². The minimum atomic E-state index is -0.463. The molecular formula is C22H16FN5O2. The largest absolute Gasteiger partial charge is 0.458 e. The maximum absolute atomic E-state index is 13.9. The van der Waals surface area contributed by atoms with Crippen molar-refractivity contribution in [1.82, 2.24) is 19.9 Å². The molecule has 0 aliphatic carbocycles. The molecule has 148 valence electrons. The second-order valence-corrected chi connectivity index (χ2v) is 6.86. The second kappa shape index (κ2) is 7.07. The third-order valence-electron chi connectivity index (χ3n) is 4.90. The van der Waals surface area contributed by atoms with Gasteiger partial charge in [0.1, 0.15) is 29.0 Å². The number of halogens is 1. The van der Waals surface area contributed by atoms with Crippen LogP contribution < -0.4 is 10.7 Å². The number of imidazole rings is 1.